The minimum atomic E-state index is -3.06. The first-order valence-electron chi connectivity index (χ1n) is 6.85. The van der Waals surface area contributed by atoms with Crippen molar-refractivity contribution in [2.24, 2.45) is 0 Å². The number of nitrogens with zero attached hydrogens (tertiary/aromatic N) is 1. The Labute approximate surface area is 121 Å². The van der Waals surface area contributed by atoms with E-state index in [2.05, 4.69) is 0 Å². The second-order valence-electron chi connectivity index (χ2n) is 5.04. The molecule has 0 aliphatic rings. The van der Waals surface area contributed by atoms with Gasteiger partial charge >= 0.3 is 0 Å². The van der Waals surface area contributed by atoms with Crippen LogP contribution in [-0.4, -0.2) is 43.8 Å². The van der Waals surface area contributed by atoms with E-state index in [9.17, 15) is 13.2 Å². The summed E-state index contributed by atoms with van der Waals surface area (Å²) in [5.74, 6) is 0.119. The molecule has 112 valence electrons. The average Bonchev–Trinajstić information content (AvgIpc) is 2.44. The Morgan fingerprint density at radius 3 is 2.40 bits per heavy atom. The molecule has 1 amide bonds. The summed E-state index contributed by atoms with van der Waals surface area (Å²) in [4.78, 5) is 13.6. The van der Waals surface area contributed by atoms with Crippen LogP contribution < -0.4 is 0 Å². The molecule has 0 bridgehead atoms. The highest BCUT2D eigenvalue weighted by atomic mass is 32.2. The van der Waals surface area contributed by atoms with Gasteiger partial charge in [-0.1, -0.05) is 37.3 Å². The summed E-state index contributed by atoms with van der Waals surface area (Å²) < 4.78 is 23.2. The van der Waals surface area contributed by atoms with Crippen LogP contribution in [0.4, 0.5) is 0 Å². The van der Waals surface area contributed by atoms with Gasteiger partial charge in [-0.15, -0.1) is 0 Å². The fraction of sp³-hybridized carbons (Fsp3) is 0.533. The highest BCUT2D eigenvalue weighted by molar-refractivity contribution is 7.91. The Balaban J connectivity index is 2.50. The van der Waals surface area contributed by atoms with E-state index in [1.165, 1.54) is 4.90 Å². The number of hydrogen-bond acceptors (Lipinski definition) is 3. The monoisotopic (exact) mass is 297 g/mol. The number of benzene rings is 1. The molecule has 0 unspecified atom stereocenters. The molecule has 0 aromatic heterocycles. The Morgan fingerprint density at radius 1 is 1.25 bits per heavy atom. The lowest BCUT2D eigenvalue weighted by atomic mass is 10.1. The van der Waals surface area contributed by atoms with Gasteiger partial charge in [0.2, 0.25) is 5.91 Å². The van der Waals surface area contributed by atoms with E-state index >= 15 is 0 Å². The maximum Gasteiger partial charge on any atom is 0.222 e. The maximum absolute atomic E-state index is 12.1. The third kappa shape index (κ3) is 5.33. The third-order valence-corrected chi connectivity index (χ3v) is 5.33. The summed E-state index contributed by atoms with van der Waals surface area (Å²) in [6.45, 7) is 3.40. The van der Waals surface area contributed by atoms with Crippen molar-refractivity contribution in [3.8, 4) is 0 Å². The van der Waals surface area contributed by atoms with E-state index < -0.39 is 9.84 Å². The first-order chi connectivity index (χ1) is 9.35. The van der Waals surface area contributed by atoms with Gasteiger partial charge in [0.25, 0.3) is 0 Å². The first kappa shape index (κ1) is 16.7. The van der Waals surface area contributed by atoms with Crippen LogP contribution in [-0.2, 0) is 21.1 Å². The maximum atomic E-state index is 12.1. The Hall–Kier alpha value is -1.36. The molecule has 0 saturated heterocycles. The molecule has 0 heterocycles. The topological polar surface area (TPSA) is 54.5 Å². The van der Waals surface area contributed by atoms with Gasteiger partial charge in [-0.05, 0) is 18.9 Å². The lowest BCUT2D eigenvalue weighted by Crippen LogP contribution is -2.39. The number of aryl methyl sites for hydroxylation is 1. The molecule has 0 radical (unpaired) electrons. The average molecular weight is 297 g/mol. The Kier molecular flexibility index (Phi) is 6.20. The van der Waals surface area contributed by atoms with Crippen molar-refractivity contribution in [1.29, 1.82) is 0 Å². The number of amides is 1. The molecule has 1 atom stereocenters. The zero-order valence-corrected chi connectivity index (χ0v) is 13.2. The molecule has 1 aromatic rings. The molecule has 0 saturated carbocycles. The molecule has 1 aromatic carbocycles. The summed E-state index contributed by atoms with van der Waals surface area (Å²) in [6.07, 6.45) is 1.08. The SMILES string of the molecule is CCS(=O)(=O)C[C@@H](C)N(C)C(=O)CCc1ccccc1. The summed E-state index contributed by atoms with van der Waals surface area (Å²) in [5.41, 5.74) is 1.11. The van der Waals surface area contributed by atoms with Crippen molar-refractivity contribution >= 4 is 15.7 Å². The predicted octanol–water partition coefficient (Wildman–Crippen LogP) is 1.90. The van der Waals surface area contributed by atoms with Gasteiger partial charge in [0.05, 0.1) is 5.75 Å². The van der Waals surface area contributed by atoms with E-state index in [0.717, 1.165) is 5.56 Å². The van der Waals surface area contributed by atoms with Crippen LogP contribution >= 0.6 is 0 Å². The second kappa shape index (κ2) is 7.43. The summed E-state index contributed by atoms with van der Waals surface area (Å²) in [7, 11) is -1.39. The lowest BCUT2D eigenvalue weighted by Gasteiger charge is -2.24. The molecule has 5 heteroatoms. The van der Waals surface area contributed by atoms with Crippen molar-refractivity contribution < 1.29 is 13.2 Å². The molecule has 20 heavy (non-hydrogen) atoms. The molecular weight excluding hydrogens is 274 g/mol. The minimum absolute atomic E-state index is 0.0207. The molecule has 0 spiro atoms. The Morgan fingerprint density at radius 2 is 1.85 bits per heavy atom. The minimum Gasteiger partial charge on any atom is -0.342 e. The van der Waals surface area contributed by atoms with Crippen LogP contribution in [0.1, 0.15) is 25.8 Å². The molecule has 0 aliphatic carbocycles. The summed E-state index contributed by atoms with van der Waals surface area (Å²) in [6, 6.07) is 9.51. The van der Waals surface area contributed by atoms with Crippen LogP contribution in [0.15, 0.2) is 30.3 Å². The predicted molar refractivity (Wildman–Crippen MR) is 81.3 cm³/mol. The number of carbonyl (C=O) groups excluding carboxylic acids is 1. The highest BCUT2D eigenvalue weighted by Gasteiger charge is 2.20. The number of carbonyl (C=O) groups is 1. The first-order valence-corrected chi connectivity index (χ1v) is 8.68. The molecule has 4 nitrogen and oxygen atoms in total. The van der Waals surface area contributed by atoms with E-state index in [0.29, 0.717) is 12.8 Å². The zero-order chi connectivity index (χ0) is 15.2. The van der Waals surface area contributed by atoms with Crippen molar-refractivity contribution in [2.45, 2.75) is 32.7 Å². The van der Waals surface area contributed by atoms with Crippen LogP contribution in [0.2, 0.25) is 0 Å². The standard InChI is InChI=1S/C15H23NO3S/c1-4-20(18,19)12-13(2)16(3)15(17)11-10-14-8-6-5-7-9-14/h5-9,13H,4,10-12H2,1-3H3/t13-/m1/s1. The molecule has 0 aliphatic heterocycles. The highest BCUT2D eigenvalue weighted by Crippen LogP contribution is 2.07. The molecule has 0 N–H and O–H groups in total. The van der Waals surface area contributed by atoms with Gasteiger partial charge < -0.3 is 4.90 Å². The van der Waals surface area contributed by atoms with Crippen molar-refractivity contribution in [2.75, 3.05) is 18.6 Å². The van der Waals surface area contributed by atoms with Gasteiger partial charge in [0, 0.05) is 25.3 Å². The van der Waals surface area contributed by atoms with E-state index in [1.807, 2.05) is 30.3 Å². The van der Waals surface area contributed by atoms with Crippen molar-refractivity contribution in [3.05, 3.63) is 35.9 Å². The summed E-state index contributed by atoms with van der Waals surface area (Å²) in [5, 5.41) is 0. The quantitative estimate of drug-likeness (QED) is 0.772. The van der Waals surface area contributed by atoms with Crippen LogP contribution in [0.5, 0.6) is 0 Å². The molecule has 0 fully saturated rings. The van der Waals surface area contributed by atoms with Gasteiger partial charge in [-0.3, -0.25) is 4.79 Å². The van der Waals surface area contributed by atoms with Crippen molar-refractivity contribution in [1.82, 2.24) is 4.90 Å². The second-order valence-corrected chi connectivity index (χ2v) is 7.44. The van der Waals surface area contributed by atoms with Crippen LogP contribution in [0.3, 0.4) is 0 Å². The molecule has 1 rings (SSSR count). The number of hydrogen-bond donors (Lipinski definition) is 0. The van der Waals surface area contributed by atoms with E-state index in [4.69, 9.17) is 0 Å². The lowest BCUT2D eigenvalue weighted by molar-refractivity contribution is -0.131. The smallest absolute Gasteiger partial charge is 0.222 e. The van der Waals surface area contributed by atoms with Crippen LogP contribution in [0.25, 0.3) is 0 Å². The fourth-order valence-electron chi connectivity index (χ4n) is 1.92. The third-order valence-electron chi connectivity index (χ3n) is 3.46. The fourth-order valence-corrected chi connectivity index (χ4v) is 3.11. The van der Waals surface area contributed by atoms with Gasteiger partial charge in [0.1, 0.15) is 0 Å². The largest absolute Gasteiger partial charge is 0.342 e. The number of sulfone groups is 1. The number of rotatable bonds is 7. The summed E-state index contributed by atoms with van der Waals surface area (Å²) >= 11 is 0. The zero-order valence-electron chi connectivity index (χ0n) is 12.4. The normalized spacial score (nSPS) is 12.9. The molecular formula is C15H23NO3S. The van der Waals surface area contributed by atoms with E-state index in [1.54, 1.807) is 20.9 Å². The van der Waals surface area contributed by atoms with Gasteiger partial charge in [0.15, 0.2) is 9.84 Å². The van der Waals surface area contributed by atoms with Crippen molar-refractivity contribution in [3.63, 3.8) is 0 Å². The van der Waals surface area contributed by atoms with E-state index in [-0.39, 0.29) is 23.5 Å². The Bertz CT molecular complexity index is 525. The van der Waals surface area contributed by atoms with Crippen LogP contribution in [0, 0.1) is 0 Å². The van der Waals surface area contributed by atoms with Gasteiger partial charge in [-0.2, -0.15) is 0 Å². The van der Waals surface area contributed by atoms with Gasteiger partial charge in [-0.25, -0.2) is 8.42 Å².